The molecule has 1 aromatic heterocycles. The number of carbonyl (C=O) groups excluding carboxylic acids is 1. The average molecular weight is 321 g/mol. The SMILES string of the molecule is Cc1c(CC(=O)NC(C)C(=O)O)c(=O)oc2cc(O)cc(O)c12. The zero-order chi connectivity index (χ0) is 17.3. The summed E-state index contributed by atoms with van der Waals surface area (Å²) in [4.78, 5) is 34.6. The minimum atomic E-state index is -1.20. The summed E-state index contributed by atoms with van der Waals surface area (Å²) in [5.41, 5.74) is -0.466. The molecule has 0 saturated carbocycles. The monoisotopic (exact) mass is 321 g/mol. The molecule has 1 amide bonds. The molecule has 4 N–H and O–H groups in total. The van der Waals surface area contributed by atoms with Crippen LogP contribution in [0.3, 0.4) is 0 Å². The van der Waals surface area contributed by atoms with Gasteiger partial charge in [0.15, 0.2) is 0 Å². The predicted molar refractivity (Wildman–Crippen MR) is 79.5 cm³/mol. The van der Waals surface area contributed by atoms with Crippen LogP contribution < -0.4 is 10.9 Å². The molecule has 23 heavy (non-hydrogen) atoms. The van der Waals surface area contributed by atoms with Crippen molar-refractivity contribution in [1.29, 1.82) is 0 Å². The number of fused-ring (bicyclic) bond motifs is 1. The number of carboxylic acids is 1. The lowest BCUT2D eigenvalue weighted by Gasteiger charge is -2.11. The van der Waals surface area contributed by atoms with Crippen LogP contribution in [0.15, 0.2) is 21.3 Å². The summed E-state index contributed by atoms with van der Waals surface area (Å²) in [7, 11) is 0. The van der Waals surface area contributed by atoms with Gasteiger partial charge in [-0.3, -0.25) is 9.59 Å². The van der Waals surface area contributed by atoms with Gasteiger partial charge in [0.25, 0.3) is 0 Å². The Labute approximate surface area is 130 Å². The molecule has 1 atom stereocenters. The lowest BCUT2D eigenvalue weighted by atomic mass is 10.0. The number of rotatable bonds is 4. The van der Waals surface area contributed by atoms with E-state index in [1.807, 2.05) is 0 Å². The lowest BCUT2D eigenvalue weighted by molar-refractivity contribution is -0.141. The van der Waals surface area contributed by atoms with Gasteiger partial charge in [0.1, 0.15) is 23.1 Å². The molecular weight excluding hydrogens is 306 g/mol. The number of phenols is 2. The van der Waals surface area contributed by atoms with E-state index in [9.17, 15) is 24.6 Å². The number of hydrogen-bond donors (Lipinski definition) is 4. The highest BCUT2D eigenvalue weighted by atomic mass is 16.4. The van der Waals surface area contributed by atoms with E-state index in [1.54, 1.807) is 0 Å². The van der Waals surface area contributed by atoms with Crippen LogP contribution in [0.25, 0.3) is 11.0 Å². The molecule has 1 heterocycles. The number of aliphatic carboxylic acids is 1. The summed E-state index contributed by atoms with van der Waals surface area (Å²) in [5.74, 6) is -2.42. The van der Waals surface area contributed by atoms with Gasteiger partial charge in [-0.05, 0) is 19.4 Å². The fourth-order valence-electron chi connectivity index (χ4n) is 2.23. The Balaban J connectivity index is 2.44. The highest BCUT2D eigenvalue weighted by Gasteiger charge is 2.20. The van der Waals surface area contributed by atoms with Gasteiger partial charge in [-0.15, -0.1) is 0 Å². The summed E-state index contributed by atoms with van der Waals surface area (Å²) in [6.07, 6.45) is -0.387. The molecule has 8 heteroatoms. The van der Waals surface area contributed by atoms with Crippen molar-refractivity contribution in [3.63, 3.8) is 0 Å². The smallest absolute Gasteiger partial charge is 0.340 e. The first kappa shape index (κ1) is 16.3. The van der Waals surface area contributed by atoms with Gasteiger partial charge in [0.2, 0.25) is 5.91 Å². The molecule has 8 nitrogen and oxygen atoms in total. The highest BCUT2D eigenvalue weighted by molar-refractivity contribution is 5.90. The summed E-state index contributed by atoms with van der Waals surface area (Å²) in [5, 5.41) is 30.5. The van der Waals surface area contributed by atoms with E-state index < -0.39 is 23.5 Å². The van der Waals surface area contributed by atoms with Crippen molar-refractivity contribution in [3.05, 3.63) is 33.7 Å². The summed E-state index contributed by atoms with van der Waals surface area (Å²) < 4.78 is 5.02. The molecule has 0 aliphatic carbocycles. The highest BCUT2D eigenvalue weighted by Crippen LogP contribution is 2.32. The van der Waals surface area contributed by atoms with E-state index in [1.165, 1.54) is 19.9 Å². The van der Waals surface area contributed by atoms with Crippen LogP contribution >= 0.6 is 0 Å². The maximum Gasteiger partial charge on any atom is 0.340 e. The van der Waals surface area contributed by atoms with Gasteiger partial charge in [0.05, 0.1) is 17.4 Å². The summed E-state index contributed by atoms with van der Waals surface area (Å²) in [6.45, 7) is 2.82. The van der Waals surface area contributed by atoms with Crippen LogP contribution in [0.2, 0.25) is 0 Å². The molecule has 2 rings (SSSR count). The quantitative estimate of drug-likeness (QED) is 0.606. The third kappa shape index (κ3) is 3.25. The van der Waals surface area contributed by atoms with Gasteiger partial charge in [-0.2, -0.15) is 0 Å². The third-order valence-corrected chi connectivity index (χ3v) is 3.43. The molecular formula is C15H15NO7. The van der Waals surface area contributed by atoms with E-state index in [0.717, 1.165) is 6.07 Å². The van der Waals surface area contributed by atoms with Crippen LogP contribution in [0.5, 0.6) is 11.5 Å². The first-order valence-electron chi connectivity index (χ1n) is 6.71. The molecule has 2 aromatic rings. The van der Waals surface area contributed by atoms with Gasteiger partial charge < -0.3 is 25.1 Å². The summed E-state index contributed by atoms with van der Waals surface area (Å²) in [6, 6.07) is 1.17. The van der Waals surface area contributed by atoms with Crippen molar-refractivity contribution in [3.8, 4) is 11.5 Å². The zero-order valence-electron chi connectivity index (χ0n) is 12.4. The number of phenolic OH excluding ortho intramolecular Hbond substituents is 2. The molecule has 0 fully saturated rings. The van der Waals surface area contributed by atoms with Crippen molar-refractivity contribution in [2.75, 3.05) is 0 Å². The Kier molecular flexibility index (Phi) is 4.26. The number of benzene rings is 1. The molecule has 0 saturated heterocycles. The van der Waals surface area contributed by atoms with Crippen molar-refractivity contribution in [2.45, 2.75) is 26.3 Å². The van der Waals surface area contributed by atoms with Crippen LogP contribution in [0.1, 0.15) is 18.1 Å². The molecule has 0 spiro atoms. The van der Waals surface area contributed by atoms with E-state index in [-0.39, 0.29) is 34.5 Å². The van der Waals surface area contributed by atoms with Gasteiger partial charge in [-0.25, -0.2) is 4.79 Å². The van der Waals surface area contributed by atoms with Crippen LogP contribution in [0, 0.1) is 6.92 Å². The Bertz CT molecular complexity index is 853. The van der Waals surface area contributed by atoms with Gasteiger partial charge >= 0.3 is 11.6 Å². The third-order valence-electron chi connectivity index (χ3n) is 3.43. The molecule has 1 aromatic carbocycles. The maximum absolute atomic E-state index is 12.0. The summed E-state index contributed by atoms with van der Waals surface area (Å²) >= 11 is 0. The topological polar surface area (TPSA) is 137 Å². The van der Waals surface area contributed by atoms with E-state index in [2.05, 4.69) is 5.32 Å². The average Bonchev–Trinajstić information content (AvgIpc) is 2.42. The van der Waals surface area contributed by atoms with E-state index >= 15 is 0 Å². The Hall–Kier alpha value is -3.03. The predicted octanol–water partition coefficient (Wildman–Crippen LogP) is 0.644. The largest absolute Gasteiger partial charge is 0.508 e. The Morgan fingerprint density at radius 2 is 1.96 bits per heavy atom. The number of nitrogens with one attached hydrogen (secondary N) is 1. The van der Waals surface area contributed by atoms with Crippen molar-refractivity contribution < 1.29 is 29.3 Å². The van der Waals surface area contributed by atoms with Gasteiger partial charge in [0, 0.05) is 12.1 Å². The number of aryl methyl sites for hydroxylation is 1. The first-order valence-corrected chi connectivity index (χ1v) is 6.71. The minimum absolute atomic E-state index is 0.00642. The standard InChI is InChI=1S/C15H15NO7/c1-6-9(5-12(19)16-7(2)14(20)21)15(22)23-11-4-8(17)3-10(18)13(6)11/h3-4,7,17-18H,5H2,1-2H3,(H,16,19)(H,20,21). The number of hydrogen-bond acceptors (Lipinski definition) is 6. The Morgan fingerprint density at radius 3 is 2.57 bits per heavy atom. The Morgan fingerprint density at radius 1 is 1.30 bits per heavy atom. The molecule has 1 unspecified atom stereocenters. The number of carboxylic acid groups (broad SMARTS) is 1. The second-order valence-electron chi connectivity index (χ2n) is 5.14. The van der Waals surface area contributed by atoms with Gasteiger partial charge in [-0.1, -0.05) is 0 Å². The van der Waals surface area contributed by atoms with E-state index in [0.29, 0.717) is 5.56 Å². The zero-order valence-corrected chi connectivity index (χ0v) is 12.4. The number of amides is 1. The van der Waals surface area contributed by atoms with Crippen molar-refractivity contribution >= 4 is 22.8 Å². The molecule has 0 radical (unpaired) electrons. The second-order valence-corrected chi connectivity index (χ2v) is 5.14. The molecule has 122 valence electrons. The molecule has 0 aliphatic rings. The fourth-order valence-corrected chi connectivity index (χ4v) is 2.23. The maximum atomic E-state index is 12.0. The van der Waals surface area contributed by atoms with E-state index in [4.69, 9.17) is 9.52 Å². The molecule has 0 aliphatic heterocycles. The van der Waals surface area contributed by atoms with Crippen molar-refractivity contribution in [1.82, 2.24) is 5.32 Å². The second kappa shape index (κ2) is 5.99. The molecule has 0 bridgehead atoms. The van der Waals surface area contributed by atoms with Crippen LogP contribution in [-0.4, -0.2) is 33.2 Å². The lowest BCUT2D eigenvalue weighted by Crippen LogP contribution is -2.39. The minimum Gasteiger partial charge on any atom is -0.508 e. The van der Waals surface area contributed by atoms with Crippen molar-refractivity contribution in [2.24, 2.45) is 0 Å². The number of aromatic hydroxyl groups is 2. The van der Waals surface area contributed by atoms with Crippen LogP contribution in [-0.2, 0) is 16.0 Å². The van der Waals surface area contributed by atoms with Crippen LogP contribution in [0.4, 0.5) is 0 Å². The fraction of sp³-hybridized carbons (Fsp3) is 0.267. The number of carbonyl (C=O) groups is 2. The normalized spacial score (nSPS) is 12.1. The first-order chi connectivity index (χ1) is 10.7.